The molecular weight excluding hydrogens is 565 g/mol. The van der Waals surface area contributed by atoms with Gasteiger partial charge in [-0.05, 0) is 106 Å². The van der Waals surface area contributed by atoms with Gasteiger partial charge in [-0.3, -0.25) is 9.78 Å². The SMILES string of the molecule is Cc1ccc(Oc2ccc(Nc3ncnc4sc5c(c34)CCN(C(=O)/C=C/CC3CCCC(F)(CO)C3)C5)cc2C)cn1. The molecule has 0 bridgehead atoms. The fourth-order valence-electron chi connectivity index (χ4n) is 6.07. The number of pyridine rings is 1. The van der Waals surface area contributed by atoms with Crippen LogP contribution in [-0.2, 0) is 17.8 Å². The first-order chi connectivity index (χ1) is 20.8. The van der Waals surface area contributed by atoms with Gasteiger partial charge in [0, 0.05) is 22.8 Å². The fourth-order valence-corrected chi connectivity index (χ4v) is 7.27. The Bertz CT molecular complexity index is 1660. The first kappa shape index (κ1) is 29.2. The zero-order chi connectivity index (χ0) is 30.0. The number of nitrogens with one attached hydrogen (secondary N) is 1. The third kappa shape index (κ3) is 6.55. The number of aliphatic hydroxyl groups is 1. The summed E-state index contributed by atoms with van der Waals surface area (Å²) in [6, 6.07) is 9.76. The molecular formula is C33H36FN5O3S. The molecule has 1 aromatic carbocycles. The van der Waals surface area contributed by atoms with Crippen LogP contribution in [0.2, 0.25) is 0 Å². The smallest absolute Gasteiger partial charge is 0.246 e. The van der Waals surface area contributed by atoms with Gasteiger partial charge in [-0.1, -0.05) is 6.08 Å². The molecule has 43 heavy (non-hydrogen) atoms. The molecule has 2 atom stereocenters. The Morgan fingerprint density at radius 1 is 1.26 bits per heavy atom. The molecule has 1 amide bonds. The number of aryl methyl sites for hydroxylation is 2. The molecule has 4 heterocycles. The van der Waals surface area contributed by atoms with Crippen molar-refractivity contribution in [3.8, 4) is 11.5 Å². The highest BCUT2D eigenvalue weighted by molar-refractivity contribution is 7.19. The number of hydrogen-bond acceptors (Lipinski definition) is 8. The maximum Gasteiger partial charge on any atom is 0.246 e. The highest BCUT2D eigenvalue weighted by Crippen LogP contribution is 2.39. The molecule has 1 aliphatic carbocycles. The summed E-state index contributed by atoms with van der Waals surface area (Å²) in [5.74, 6) is 2.33. The highest BCUT2D eigenvalue weighted by Gasteiger charge is 2.35. The molecule has 0 saturated heterocycles. The number of carbonyl (C=O) groups is 1. The van der Waals surface area contributed by atoms with Crippen molar-refractivity contribution in [3.05, 3.63) is 76.7 Å². The minimum Gasteiger partial charge on any atom is -0.455 e. The number of allylic oxidation sites excluding steroid dienone is 1. The standard InChI is InChI=1S/C33H36FN5O3S/c1-21-15-24(9-11-27(21)42-25-10-8-22(2)35-17-25)38-31-30-26-12-14-39(18-28(26)43-32(30)37-20-36-31)29(41)7-3-5-23-6-4-13-33(34,16-23)19-40/h3,7-11,15,17,20,23,40H,4-6,12-14,16,18-19H2,1-2H3,(H,36,37,38)/b7-3+. The third-order valence-corrected chi connectivity index (χ3v) is 9.53. The van der Waals surface area contributed by atoms with Crippen molar-refractivity contribution in [1.29, 1.82) is 0 Å². The summed E-state index contributed by atoms with van der Waals surface area (Å²) in [7, 11) is 0. The molecule has 10 heteroatoms. The van der Waals surface area contributed by atoms with Gasteiger partial charge >= 0.3 is 0 Å². The van der Waals surface area contributed by atoms with E-state index >= 15 is 0 Å². The number of benzene rings is 1. The van der Waals surface area contributed by atoms with Crippen molar-refractivity contribution in [2.45, 2.75) is 64.6 Å². The number of fused-ring (bicyclic) bond motifs is 3. The van der Waals surface area contributed by atoms with E-state index in [4.69, 9.17) is 4.74 Å². The number of hydrogen-bond donors (Lipinski definition) is 2. The largest absolute Gasteiger partial charge is 0.455 e. The number of carbonyl (C=O) groups excluding carboxylic acids is 1. The second-order valence-corrected chi connectivity index (χ2v) is 12.8. The van der Waals surface area contributed by atoms with Crippen molar-refractivity contribution in [1.82, 2.24) is 19.9 Å². The molecule has 3 aromatic heterocycles. The molecule has 1 saturated carbocycles. The Kier molecular flexibility index (Phi) is 8.41. The second-order valence-electron chi connectivity index (χ2n) is 11.7. The van der Waals surface area contributed by atoms with Crippen LogP contribution in [0.15, 0.2) is 55.0 Å². The van der Waals surface area contributed by atoms with Crippen LogP contribution >= 0.6 is 11.3 Å². The van der Waals surface area contributed by atoms with E-state index in [1.54, 1.807) is 29.9 Å². The summed E-state index contributed by atoms with van der Waals surface area (Å²) in [6.07, 6.45) is 10.6. The third-order valence-electron chi connectivity index (χ3n) is 8.40. The van der Waals surface area contributed by atoms with Gasteiger partial charge in [0.05, 0.1) is 24.7 Å². The lowest BCUT2D eigenvalue weighted by molar-refractivity contribution is -0.126. The molecule has 6 rings (SSSR count). The summed E-state index contributed by atoms with van der Waals surface area (Å²) in [6.45, 7) is 4.65. The molecule has 1 fully saturated rings. The minimum atomic E-state index is -1.47. The number of amides is 1. The highest BCUT2D eigenvalue weighted by atomic mass is 32.1. The van der Waals surface area contributed by atoms with E-state index in [0.717, 1.165) is 62.9 Å². The van der Waals surface area contributed by atoms with Crippen LogP contribution in [0.3, 0.4) is 0 Å². The number of aliphatic hydroxyl groups excluding tert-OH is 1. The Morgan fingerprint density at radius 3 is 2.93 bits per heavy atom. The van der Waals surface area contributed by atoms with Gasteiger partial charge < -0.3 is 20.1 Å². The van der Waals surface area contributed by atoms with Gasteiger partial charge in [-0.2, -0.15) is 0 Å². The molecule has 4 aromatic rings. The predicted octanol–water partition coefficient (Wildman–Crippen LogP) is 6.96. The van der Waals surface area contributed by atoms with Gasteiger partial charge in [0.25, 0.3) is 0 Å². The van der Waals surface area contributed by atoms with Crippen LogP contribution in [0, 0.1) is 19.8 Å². The lowest BCUT2D eigenvalue weighted by Crippen LogP contribution is -2.34. The van der Waals surface area contributed by atoms with Crippen LogP contribution in [0.25, 0.3) is 10.2 Å². The maximum atomic E-state index is 14.6. The van der Waals surface area contributed by atoms with Gasteiger partial charge in [0.1, 0.15) is 34.1 Å². The number of ether oxygens (including phenoxy) is 1. The van der Waals surface area contributed by atoms with Crippen LogP contribution in [0.4, 0.5) is 15.9 Å². The molecule has 2 N–H and O–H groups in total. The number of anilines is 2. The Labute approximate surface area is 254 Å². The van der Waals surface area contributed by atoms with Gasteiger partial charge in [-0.15, -0.1) is 11.3 Å². The number of halogens is 1. The van der Waals surface area contributed by atoms with Gasteiger partial charge in [0.15, 0.2) is 0 Å². The van der Waals surface area contributed by atoms with Crippen molar-refractivity contribution >= 4 is 39.0 Å². The normalized spacial score (nSPS) is 20.4. The predicted molar refractivity (Wildman–Crippen MR) is 167 cm³/mol. The van der Waals surface area contributed by atoms with E-state index < -0.39 is 12.3 Å². The summed E-state index contributed by atoms with van der Waals surface area (Å²) < 4.78 is 20.6. The first-order valence-electron chi connectivity index (χ1n) is 14.8. The van der Waals surface area contributed by atoms with Crippen LogP contribution in [0.5, 0.6) is 11.5 Å². The molecule has 2 unspecified atom stereocenters. The number of thiophene rings is 1. The zero-order valence-electron chi connectivity index (χ0n) is 24.5. The first-order valence-corrected chi connectivity index (χ1v) is 15.6. The number of aromatic nitrogens is 3. The minimum absolute atomic E-state index is 0.0313. The molecule has 1 aliphatic heterocycles. The monoisotopic (exact) mass is 601 g/mol. The van der Waals surface area contributed by atoms with E-state index in [2.05, 4.69) is 20.3 Å². The van der Waals surface area contributed by atoms with Crippen molar-refractivity contribution < 1.29 is 19.0 Å². The number of rotatable bonds is 8. The summed E-state index contributed by atoms with van der Waals surface area (Å²) in [5, 5.41) is 13.9. The number of alkyl halides is 1. The zero-order valence-corrected chi connectivity index (χ0v) is 25.3. The van der Waals surface area contributed by atoms with Crippen LogP contribution in [-0.4, -0.2) is 49.7 Å². The van der Waals surface area contributed by atoms with Crippen LogP contribution < -0.4 is 10.1 Å². The average Bonchev–Trinajstić information content (AvgIpc) is 3.38. The number of nitrogens with zero attached hydrogens (tertiary/aromatic N) is 4. The lowest BCUT2D eigenvalue weighted by atomic mass is 9.78. The summed E-state index contributed by atoms with van der Waals surface area (Å²) in [5.41, 5.74) is 2.52. The van der Waals surface area contributed by atoms with Gasteiger partial charge in [-0.25, -0.2) is 14.4 Å². The van der Waals surface area contributed by atoms with Crippen molar-refractivity contribution in [2.75, 3.05) is 18.5 Å². The van der Waals surface area contributed by atoms with Gasteiger partial charge in [0.2, 0.25) is 5.91 Å². The molecule has 0 radical (unpaired) electrons. The Morgan fingerprint density at radius 2 is 2.14 bits per heavy atom. The Balaban J connectivity index is 1.12. The van der Waals surface area contributed by atoms with Crippen molar-refractivity contribution in [2.24, 2.45) is 5.92 Å². The molecule has 8 nitrogen and oxygen atoms in total. The van der Waals surface area contributed by atoms with E-state index in [0.29, 0.717) is 38.1 Å². The van der Waals surface area contributed by atoms with E-state index in [1.165, 1.54) is 5.56 Å². The Hall–Kier alpha value is -3.89. The quantitative estimate of drug-likeness (QED) is 0.211. The molecule has 2 aliphatic rings. The summed E-state index contributed by atoms with van der Waals surface area (Å²) >= 11 is 1.60. The topological polar surface area (TPSA) is 100 Å². The van der Waals surface area contributed by atoms with E-state index in [-0.39, 0.29) is 11.8 Å². The van der Waals surface area contributed by atoms with E-state index in [1.807, 2.05) is 55.2 Å². The second kappa shape index (κ2) is 12.4. The molecule has 224 valence electrons. The van der Waals surface area contributed by atoms with Crippen molar-refractivity contribution in [3.63, 3.8) is 0 Å². The lowest BCUT2D eigenvalue weighted by Gasteiger charge is -2.32. The summed E-state index contributed by atoms with van der Waals surface area (Å²) in [4.78, 5) is 30.3. The van der Waals surface area contributed by atoms with E-state index in [9.17, 15) is 14.3 Å². The fraction of sp³-hybridized carbons (Fsp3) is 0.394. The molecule has 0 spiro atoms. The maximum absolute atomic E-state index is 14.6. The van der Waals surface area contributed by atoms with Crippen LogP contribution in [0.1, 0.15) is 53.8 Å². The average molecular weight is 602 g/mol.